The number of carbonyl (C=O) groups is 1. The summed E-state index contributed by atoms with van der Waals surface area (Å²) in [6.45, 7) is 0. The van der Waals surface area contributed by atoms with Gasteiger partial charge in [0.05, 0.1) is 23.4 Å². The summed E-state index contributed by atoms with van der Waals surface area (Å²) in [6.07, 6.45) is 0.00245. The van der Waals surface area contributed by atoms with E-state index in [9.17, 15) is 29.4 Å². The van der Waals surface area contributed by atoms with Crippen molar-refractivity contribution in [3.63, 3.8) is 0 Å². The zero-order valence-electron chi connectivity index (χ0n) is 20.8. The summed E-state index contributed by atoms with van der Waals surface area (Å²) < 4.78 is 11.7. The molecule has 4 aromatic rings. The third kappa shape index (κ3) is 5.64. The number of carbonyl (C=O) groups excluding carboxylic acids is 1. The molecule has 1 aliphatic heterocycles. The number of hydrogen-bond donors (Lipinski definition) is 4. The van der Waals surface area contributed by atoms with Gasteiger partial charge in [-0.25, -0.2) is 0 Å². The molecule has 0 radical (unpaired) electrons. The minimum Gasteiger partial charge on any atom is -0.507 e. The Balaban J connectivity index is 1.44. The summed E-state index contributed by atoms with van der Waals surface area (Å²) in [5.41, 5.74) is 3.01. The summed E-state index contributed by atoms with van der Waals surface area (Å²) in [5, 5.41) is 22.1. The van der Waals surface area contributed by atoms with Crippen molar-refractivity contribution >= 4 is 36.1 Å². The Bertz CT molecular complexity index is 1560. The number of β-lactam (4-membered cyclic amide) rings is 1. The van der Waals surface area contributed by atoms with Gasteiger partial charge < -0.3 is 24.9 Å². The highest BCUT2D eigenvalue weighted by Gasteiger charge is 2.48. The number of aliphatic hydroxyl groups excluding tert-OH is 1. The molecule has 0 aromatic heterocycles. The van der Waals surface area contributed by atoms with Crippen LogP contribution in [0.25, 0.3) is 11.1 Å². The summed E-state index contributed by atoms with van der Waals surface area (Å²) in [7, 11) is -4.45. The number of amides is 1. The van der Waals surface area contributed by atoms with Crippen molar-refractivity contribution in [3.05, 3.63) is 113 Å². The molecule has 5 rings (SSSR count). The molecule has 1 amide bonds. The lowest BCUT2D eigenvalue weighted by molar-refractivity contribution is -0.131. The van der Waals surface area contributed by atoms with Crippen LogP contribution in [-0.2, 0) is 9.36 Å². The standard InChI is InChI=1S/C30H27ClNO6P/c31-22-8-4-7-20(16-22)27(33)15-14-26-29(32(30(26)35)23-9-2-1-3-10-23)21-12-13-25(28(34)18-21)19-6-5-11-24(17-19)39(36,37)38/h1-13,16-18,26-27,29,33-34H,14-15H2,(H2,36,37,38)/t26-,27+,29-/m1/s1. The van der Waals surface area contributed by atoms with Gasteiger partial charge in [0.1, 0.15) is 5.75 Å². The second kappa shape index (κ2) is 11.0. The highest BCUT2D eigenvalue weighted by Crippen LogP contribution is 2.48. The van der Waals surface area contributed by atoms with E-state index in [1.54, 1.807) is 47.4 Å². The van der Waals surface area contributed by atoms with E-state index in [2.05, 4.69) is 0 Å². The van der Waals surface area contributed by atoms with Crippen LogP contribution in [0.4, 0.5) is 5.69 Å². The van der Waals surface area contributed by atoms with E-state index in [0.717, 1.165) is 5.69 Å². The molecule has 1 fully saturated rings. The number of rotatable bonds is 8. The summed E-state index contributed by atoms with van der Waals surface area (Å²) in [4.78, 5) is 34.1. The van der Waals surface area contributed by atoms with Crippen LogP contribution in [0.15, 0.2) is 97.1 Å². The Labute approximate surface area is 231 Å². The molecule has 1 saturated heterocycles. The van der Waals surface area contributed by atoms with Gasteiger partial charge in [0.25, 0.3) is 0 Å². The van der Waals surface area contributed by atoms with Crippen molar-refractivity contribution in [3.8, 4) is 16.9 Å². The summed E-state index contributed by atoms with van der Waals surface area (Å²) in [5.74, 6) is -0.551. The van der Waals surface area contributed by atoms with Crippen molar-refractivity contribution in [2.24, 2.45) is 5.92 Å². The third-order valence-corrected chi connectivity index (χ3v) is 8.28. The van der Waals surface area contributed by atoms with Gasteiger partial charge in [-0.2, -0.15) is 0 Å². The smallest absolute Gasteiger partial charge is 0.356 e. The zero-order chi connectivity index (χ0) is 27.7. The topological polar surface area (TPSA) is 118 Å². The van der Waals surface area contributed by atoms with Gasteiger partial charge in [0, 0.05) is 16.3 Å². The van der Waals surface area contributed by atoms with Crippen molar-refractivity contribution in [1.29, 1.82) is 0 Å². The Hall–Kier alpha value is -3.45. The van der Waals surface area contributed by atoms with Crippen LogP contribution >= 0.6 is 19.2 Å². The fourth-order valence-corrected chi connectivity index (χ4v) is 5.92. The van der Waals surface area contributed by atoms with E-state index >= 15 is 0 Å². The third-order valence-electron chi connectivity index (χ3n) is 7.09. The Kier molecular flexibility index (Phi) is 7.63. The minimum absolute atomic E-state index is 0.0672. The SMILES string of the molecule is O=C1[C@H](CC[C@H](O)c2cccc(Cl)c2)[C@@H](c2ccc(-c3cccc(P(=O)(O)O)c3)c(O)c2)N1c1ccccc1. The lowest BCUT2D eigenvalue weighted by Gasteiger charge is -2.48. The molecule has 0 spiro atoms. The monoisotopic (exact) mass is 563 g/mol. The molecular formula is C30H27ClNO6P. The number of aromatic hydroxyl groups is 1. The van der Waals surface area contributed by atoms with E-state index in [0.29, 0.717) is 40.1 Å². The van der Waals surface area contributed by atoms with Crippen molar-refractivity contribution in [2.45, 2.75) is 25.0 Å². The second-order valence-electron chi connectivity index (χ2n) is 9.61. The molecule has 4 aromatic carbocycles. The highest BCUT2D eigenvalue weighted by atomic mass is 35.5. The fraction of sp³-hybridized carbons (Fsp3) is 0.167. The maximum Gasteiger partial charge on any atom is 0.356 e. The second-order valence-corrected chi connectivity index (χ2v) is 11.7. The van der Waals surface area contributed by atoms with Crippen molar-refractivity contribution in [2.75, 3.05) is 4.90 Å². The lowest BCUT2D eigenvalue weighted by Crippen LogP contribution is -2.55. The zero-order valence-corrected chi connectivity index (χ0v) is 22.4. The van der Waals surface area contributed by atoms with Crippen molar-refractivity contribution < 1.29 is 29.4 Å². The number of phenols is 1. The van der Waals surface area contributed by atoms with E-state index in [1.807, 2.05) is 36.4 Å². The average molecular weight is 564 g/mol. The summed E-state index contributed by atoms with van der Waals surface area (Å²) in [6, 6.07) is 26.9. The maximum absolute atomic E-state index is 13.3. The number of phenolic OH excluding ortho intramolecular Hbond substituents is 1. The molecule has 1 heterocycles. The van der Waals surface area contributed by atoms with Crippen LogP contribution in [0.1, 0.15) is 36.1 Å². The lowest BCUT2D eigenvalue weighted by atomic mass is 9.78. The minimum atomic E-state index is -4.45. The molecule has 0 saturated carbocycles. The Morgan fingerprint density at radius 2 is 1.64 bits per heavy atom. The molecule has 4 N–H and O–H groups in total. The number of benzene rings is 4. The van der Waals surface area contributed by atoms with Gasteiger partial charge in [0.15, 0.2) is 0 Å². The maximum atomic E-state index is 13.3. The molecule has 7 nitrogen and oxygen atoms in total. The average Bonchev–Trinajstić information content (AvgIpc) is 2.91. The number of anilines is 1. The van der Waals surface area contributed by atoms with Gasteiger partial charge in [-0.05, 0) is 72.0 Å². The molecule has 3 atom stereocenters. The first kappa shape index (κ1) is 27.1. The van der Waals surface area contributed by atoms with E-state index in [4.69, 9.17) is 11.6 Å². The van der Waals surface area contributed by atoms with Crippen molar-refractivity contribution in [1.82, 2.24) is 0 Å². The molecular weight excluding hydrogens is 537 g/mol. The molecule has 0 unspecified atom stereocenters. The van der Waals surface area contributed by atoms with Crippen LogP contribution in [0.2, 0.25) is 5.02 Å². The van der Waals surface area contributed by atoms with Gasteiger partial charge in [-0.1, -0.05) is 66.2 Å². The van der Waals surface area contributed by atoms with Gasteiger partial charge in [-0.15, -0.1) is 0 Å². The number of halogens is 1. The first-order valence-electron chi connectivity index (χ1n) is 12.4. The van der Waals surface area contributed by atoms with Crippen LogP contribution in [0.5, 0.6) is 5.75 Å². The molecule has 0 aliphatic carbocycles. The van der Waals surface area contributed by atoms with Crippen LogP contribution in [-0.4, -0.2) is 25.9 Å². The fourth-order valence-electron chi connectivity index (χ4n) is 5.14. The van der Waals surface area contributed by atoms with Crippen LogP contribution in [0, 0.1) is 5.92 Å². The Morgan fingerprint density at radius 1 is 0.897 bits per heavy atom. The predicted octanol–water partition coefficient (Wildman–Crippen LogP) is 5.73. The molecule has 1 aliphatic rings. The highest BCUT2D eigenvalue weighted by molar-refractivity contribution is 7.60. The van der Waals surface area contributed by atoms with E-state index < -0.39 is 19.6 Å². The molecule has 0 bridgehead atoms. The number of hydrogen-bond acceptors (Lipinski definition) is 4. The normalized spacial score (nSPS) is 18.1. The number of nitrogens with zero attached hydrogens (tertiary/aromatic N) is 1. The predicted molar refractivity (Wildman–Crippen MR) is 151 cm³/mol. The first-order valence-corrected chi connectivity index (χ1v) is 14.4. The first-order chi connectivity index (χ1) is 18.6. The summed E-state index contributed by atoms with van der Waals surface area (Å²) >= 11 is 6.07. The number of para-hydroxylation sites is 1. The Morgan fingerprint density at radius 3 is 2.33 bits per heavy atom. The van der Waals surface area contributed by atoms with Gasteiger partial charge in [0.2, 0.25) is 5.91 Å². The number of aliphatic hydroxyl groups is 1. The quantitative estimate of drug-likeness (QED) is 0.160. The largest absolute Gasteiger partial charge is 0.507 e. The molecule has 200 valence electrons. The molecule has 39 heavy (non-hydrogen) atoms. The van der Waals surface area contributed by atoms with Gasteiger partial charge in [-0.3, -0.25) is 9.36 Å². The van der Waals surface area contributed by atoms with Crippen LogP contribution in [0.3, 0.4) is 0 Å². The van der Waals surface area contributed by atoms with Gasteiger partial charge >= 0.3 is 7.60 Å². The van der Waals surface area contributed by atoms with E-state index in [1.165, 1.54) is 18.2 Å². The van der Waals surface area contributed by atoms with E-state index in [-0.39, 0.29) is 23.0 Å². The molecule has 9 heteroatoms. The van der Waals surface area contributed by atoms with Crippen LogP contribution < -0.4 is 10.2 Å².